The third kappa shape index (κ3) is 7.02. The minimum Gasteiger partial charge on any atom is -0.382 e. The SMILES string of the molecule is [B][C@H]1C[C@@H](OP(C)(=O)O)[C@@H](COP(=O)(O)O[C@@H]2C[C@H]([B])O[C@@H]2COC)O1. The van der Waals surface area contributed by atoms with E-state index >= 15 is 0 Å². The van der Waals surface area contributed by atoms with Crippen LogP contribution in [0, 0.1) is 0 Å². The summed E-state index contributed by atoms with van der Waals surface area (Å²) in [5, 5.41) is 0. The molecule has 2 N–H and O–H groups in total. The maximum Gasteiger partial charge on any atom is 0.472 e. The molecule has 0 aromatic carbocycles. The summed E-state index contributed by atoms with van der Waals surface area (Å²) in [4.78, 5) is 19.3. The molecule has 10 nitrogen and oxygen atoms in total. The van der Waals surface area contributed by atoms with Crippen LogP contribution in [0.25, 0.3) is 0 Å². The minimum atomic E-state index is -4.48. The molecule has 0 aromatic heterocycles. The molecule has 146 valence electrons. The molecule has 2 saturated heterocycles. The van der Waals surface area contributed by atoms with E-state index in [0.717, 1.165) is 6.66 Å². The molecule has 0 aromatic rings. The quantitative estimate of drug-likeness (QED) is 0.393. The molecular weight excluding hydrogens is 388 g/mol. The first kappa shape index (κ1) is 22.6. The van der Waals surface area contributed by atoms with E-state index in [9.17, 15) is 18.9 Å². The van der Waals surface area contributed by atoms with E-state index in [2.05, 4.69) is 0 Å². The molecule has 2 unspecified atom stereocenters. The fourth-order valence-corrected chi connectivity index (χ4v) is 4.48. The molecule has 0 saturated carbocycles. The molecule has 14 heteroatoms. The van der Waals surface area contributed by atoms with Crippen molar-refractivity contribution in [3.63, 3.8) is 0 Å². The van der Waals surface area contributed by atoms with Gasteiger partial charge in [-0.25, -0.2) is 4.57 Å². The topological polar surface area (TPSA) is 130 Å². The predicted molar refractivity (Wildman–Crippen MR) is 91.2 cm³/mol. The van der Waals surface area contributed by atoms with Crippen molar-refractivity contribution in [1.29, 1.82) is 0 Å². The third-order valence-electron chi connectivity index (χ3n) is 3.79. The number of ether oxygens (including phenoxy) is 3. The van der Waals surface area contributed by atoms with Crippen LogP contribution in [0.15, 0.2) is 0 Å². The number of phosphoric ester groups is 1. The van der Waals surface area contributed by atoms with Crippen LogP contribution in [0.3, 0.4) is 0 Å². The molecule has 0 aliphatic carbocycles. The van der Waals surface area contributed by atoms with Gasteiger partial charge in [0.2, 0.25) is 0 Å². The Morgan fingerprint density at radius 2 is 1.50 bits per heavy atom. The molecule has 2 aliphatic heterocycles. The van der Waals surface area contributed by atoms with Crippen LogP contribution < -0.4 is 0 Å². The number of methoxy groups -OCH3 is 1. The number of hydrogen-bond acceptors (Lipinski definition) is 8. The van der Waals surface area contributed by atoms with Crippen LogP contribution >= 0.6 is 15.4 Å². The van der Waals surface area contributed by atoms with E-state index in [4.69, 9.17) is 43.5 Å². The molecule has 2 aliphatic rings. The maximum absolute atomic E-state index is 12.2. The highest BCUT2D eigenvalue weighted by atomic mass is 31.2. The summed E-state index contributed by atoms with van der Waals surface area (Å²) >= 11 is 0. The Balaban J connectivity index is 1.90. The zero-order valence-electron chi connectivity index (χ0n) is 14.5. The van der Waals surface area contributed by atoms with Gasteiger partial charge in [0.25, 0.3) is 0 Å². The number of hydrogen-bond donors (Lipinski definition) is 2. The van der Waals surface area contributed by atoms with Crippen molar-refractivity contribution in [3.05, 3.63) is 0 Å². The molecule has 2 fully saturated rings. The summed E-state index contributed by atoms with van der Waals surface area (Å²) in [6.07, 6.45) is -2.80. The van der Waals surface area contributed by atoms with E-state index < -0.39 is 58.4 Å². The van der Waals surface area contributed by atoms with Gasteiger partial charge in [-0.3, -0.25) is 13.6 Å². The molecule has 2 rings (SSSR count). The lowest BCUT2D eigenvalue weighted by Crippen LogP contribution is -2.30. The van der Waals surface area contributed by atoms with Gasteiger partial charge < -0.3 is 28.5 Å². The molecule has 4 radical (unpaired) electrons. The fraction of sp³-hybridized carbons (Fsp3) is 1.00. The van der Waals surface area contributed by atoms with E-state index in [1.54, 1.807) is 0 Å². The first-order chi connectivity index (χ1) is 12.0. The van der Waals surface area contributed by atoms with Gasteiger partial charge in [0.1, 0.15) is 27.9 Å². The lowest BCUT2D eigenvalue weighted by molar-refractivity contribution is -0.0295. The van der Waals surface area contributed by atoms with Crippen LogP contribution in [-0.2, 0) is 36.9 Å². The summed E-state index contributed by atoms with van der Waals surface area (Å²) < 4.78 is 54.3. The van der Waals surface area contributed by atoms with Gasteiger partial charge in [0.15, 0.2) is 0 Å². The zero-order chi connectivity index (χ0) is 19.5. The van der Waals surface area contributed by atoms with E-state index in [1.165, 1.54) is 7.11 Å². The minimum absolute atomic E-state index is 0.136. The second-order valence-corrected chi connectivity index (χ2v) is 9.43. The molecule has 26 heavy (non-hydrogen) atoms. The van der Waals surface area contributed by atoms with Crippen LogP contribution in [0.5, 0.6) is 0 Å². The third-order valence-corrected chi connectivity index (χ3v) is 5.46. The second-order valence-electron chi connectivity index (χ2n) is 6.21. The molecular formula is C12H22B2O10P2. The van der Waals surface area contributed by atoms with Gasteiger partial charge in [0, 0.05) is 25.8 Å². The van der Waals surface area contributed by atoms with Gasteiger partial charge in [-0.15, -0.1) is 0 Å². The Bertz CT molecular complexity index is 560. The predicted octanol–water partition coefficient (Wildman–Crippen LogP) is -0.0976. The Morgan fingerprint density at radius 3 is 2.00 bits per heavy atom. The van der Waals surface area contributed by atoms with Crippen molar-refractivity contribution >= 4 is 31.1 Å². The summed E-state index contributed by atoms with van der Waals surface area (Å²) in [6.45, 7) is 0.742. The Kier molecular flexibility index (Phi) is 7.96. The maximum atomic E-state index is 12.2. The van der Waals surface area contributed by atoms with Gasteiger partial charge in [0.05, 0.1) is 25.4 Å². The van der Waals surface area contributed by atoms with Crippen molar-refractivity contribution < 1.29 is 46.7 Å². The van der Waals surface area contributed by atoms with Crippen molar-refractivity contribution in [3.8, 4) is 0 Å². The summed E-state index contributed by atoms with van der Waals surface area (Å²) in [7, 11) is 4.48. The van der Waals surface area contributed by atoms with E-state index in [-0.39, 0.29) is 19.4 Å². The van der Waals surface area contributed by atoms with Crippen LogP contribution in [0.2, 0.25) is 0 Å². The van der Waals surface area contributed by atoms with Gasteiger partial charge in [-0.1, -0.05) is 0 Å². The standard InChI is InChI=1S/C12H22B2O10P2/c1-19-5-9-8(4-12(14)21-9)24-26(17,18)20-6-10-7(3-11(13)22-10)23-25(2,15)16/h7-12H,3-6H2,1-2H3,(H,15,16)(H,17,18)/t7-,8-,9-,10-,11-,12-/m1/s1. The van der Waals surface area contributed by atoms with E-state index in [0.29, 0.717) is 0 Å². The lowest BCUT2D eigenvalue weighted by atomic mass is 9.96. The fourth-order valence-electron chi connectivity index (χ4n) is 2.80. The molecule has 0 bridgehead atoms. The van der Waals surface area contributed by atoms with Crippen molar-refractivity contribution in [2.45, 2.75) is 49.3 Å². The lowest BCUT2D eigenvalue weighted by Gasteiger charge is -2.24. The van der Waals surface area contributed by atoms with Crippen LogP contribution in [-0.4, -0.2) is 88.9 Å². The van der Waals surface area contributed by atoms with Gasteiger partial charge in [-0.05, 0) is 12.8 Å². The Labute approximate surface area is 154 Å². The van der Waals surface area contributed by atoms with E-state index in [1.807, 2.05) is 0 Å². The van der Waals surface area contributed by atoms with Crippen molar-refractivity contribution in [2.24, 2.45) is 0 Å². The largest absolute Gasteiger partial charge is 0.472 e. The molecule has 8 atom stereocenters. The summed E-state index contributed by atoms with van der Waals surface area (Å²) in [5.74, 6) is 0. The monoisotopic (exact) mass is 410 g/mol. The Hall–Kier alpha value is 0.270. The highest BCUT2D eigenvalue weighted by Gasteiger charge is 2.41. The summed E-state index contributed by atoms with van der Waals surface area (Å²) in [6, 6.07) is -1.39. The highest BCUT2D eigenvalue weighted by Crippen LogP contribution is 2.48. The van der Waals surface area contributed by atoms with Gasteiger partial charge >= 0.3 is 15.4 Å². The first-order valence-electron chi connectivity index (χ1n) is 7.94. The second kappa shape index (κ2) is 9.18. The first-order valence-corrected chi connectivity index (χ1v) is 11.5. The smallest absolute Gasteiger partial charge is 0.382 e. The zero-order valence-corrected chi connectivity index (χ0v) is 16.3. The van der Waals surface area contributed by atoms with Crippen LogP contribution in [0.1, 0.15) is 12.8 Å². The molecule has 0 amide bonds. The van der Waals surface area contributed by atoms with Crippen molar-refractivity contribution in [1.82, 2.24) is 0 Å². The molecule has 2 heterocycles. The molecule has 0 spiro atoms. The number of phosphoric acid groups is 1. The Morgan fingerprint density at radius 1 is 1.00 bits per heavy atom. The summed E-state index contributed by atoms with van der Waals surface area (Å²) in [5.41, 5.74) is 0. The highest BCUT2D eigenvalue weighted by molar-refractivity contribution is 7.51. The van der Waals surface area contributed by atoms with Crippen LogP contribution in [0.4, 0.5) is 0 Å². The number of rotatable bonds is 9. The average molecular weight is 410 g/mol. The normalized spacial score (nSPS) is 39.5. The average Bonchev–Trinajstić information content (AvgIpc) is 2.98. The van der Waals surface area contributed by atoms with Gasteiger partial charge in [-0.2, -0.15) is 0 Å². The van der Waals surface area contributed by atoms with Crippen molar-refractivity contribution in [2.75, 3.05) is 27.0 Å².